The van der Waals surface area contributed by atoms with Crippen LogP contribution < -0.4 is 20.1 Å². The first kappa shape index (κ1) is 16.7. The first-order valence-electron chi connectivity index (χ1n) is 7.09. The summed E-state index contributed by atoms with van der Waals surface area (Å²) < 4.78 is 10.9. The molecule has 122 valence electrons. The number of nitrogens with one attached hydrogen (secondary N) is 2. The second-order valence-electron chi connectivity index (χ2n) is 6.13. The Kier molecular flexibility index (Phi) is 5.03. The largest absolute Gasteiger partial charge is 0.486 e. The molecule has 7 heteroatoms. The lowest BCUT2D eigenvalue weighted by atomic mass is 10.1. The van der Waals surface area contributed by atoms with Crippen molar-refractivity contribution in [3.05, 3.63) is 22.7 Å². The van der Waals surface area contributed by atoms with Crippen LogP contribution in [0, 0.1) is 0 Å². The van der Waals surface area contributed by atoms with E-state index in [1.54, 1.807) is 12.1 Å². The molecular weight excluding hydrogens is 308 g/mol. The number of benzene rings is 1. The van der Waals surface area contributed by atoms with Gasteiger partial charge in [-0.15, -0.1) is 0 Å². The van der Waals surface area contributed by atoms with Crippen molar-refractivity contribution < 1.29 is 19.4 Å². The topological polar surface area (TPSA) is 79.8 Å². The quantitative estimate of drug-likeness (QED) is 0.795. The van der Waals surface area contributed by atoms with Crippen molar-refractivity contribution in [2.75, 3.05) is 19.8 Å². The molecule has 0 radical (unpaired) electrons. The van der Waals surface area contributed by atoms with Crippen LogP contribution in [0.2, 0.25) is 5.02 Å². The number of fused-ring (bicyclic) bond motifs is 1. The van der Waals surface area contributed by atoms with E-state index >= 15 is 0 Å². The van der Waals surface area contributed by atoms with Crippen LogP contribution >= 0.6 is 11.6 Å². The third-order valence-corrected chi connectivity index (χ3v) is 3.23. The number of aliphatic hydroxyl groups is 1. The van der Waals surface area contributed by atoms with Gasteiger partial charge in [0.15, 0.2) is 11.5 Å². The molecule has 0 aliphatic carbocycles. The molecule has 2 rings (SSSR count). The Morgan fingerprint density at radius 1 is 1.36 bits per heavy atom. The number of carbonyl (C=O) groups is 1. The van der Waals surface area contributed by atoms with Crippen molar-refractivity contribution in [1.29, 1.82) is 0 Å². The molecule has 0 saturated carbocycles. The van der Waals surface area contributed by atoms with Gasteiger partial charge in [0.2, 0.25) is 0 Å². The number of aliphatic hydroxyl groups excluding tert-OH is 1. The Morgan fingerprint density at radius 3 is 2.73 bits per heavy atom. The molecule has 0 fully saturated rings. The van der Waals surface area contributed by atoms with E-state index in [1.807, 2.05) is 20.8 Å². The van der Waals surface area contributed by atoms with Gasteiger partial charge in [-0.2, -0.15) is 0 Å². The summed E-state index contributed by atoms with van der Waals surface area (Å²) in [6.45, 7) is 6.59. The molecule has 6 nitrogen and oxygen atoms in total. The van der Waals surface area contributed by atoms with E-state index in [1.165, 1.54) is 0 Å². The summed E-state index contributed by atoms with van der Waals surface area (Å²) in [6.07, 6.45) is -0.890. The Morgan fingerprint density at radius 2 is 2.05 bits per heavy atom. The van der Waals surface area contributed by atoms with Crippen molar-refractivity contribution in [3.63, 3.8) is 0 Å². The minimum atomic E-state index is -0.890. The Labute approximate surface area is 134 Å². The first-order chi connectivity index (χ1) is 10.3. The lowest BCUT2D eigenvalue weighted by Gasteiger charge is -2.23. The summed E-state index contributed by atoms with van der Waals surface area (Å²) in [7, 11) is 0. The third kappa shape index (κ3) is 4.42. The highest BCUT2D eigenvalue weighted by molar-refractivity contribution is 6.32. The van der Waals surface area contributed by atoms with Crippen LogP contribution in [0.5, 0.6) is 11.5 Å². The Balaban J connectivity index is 1.99. The van der Waals surface area contributed by atoms with E-state index in [0.29, 0.717) is 35.3 Å². The van der Waals surface area contributed by atoms with Gasteiger partial charge >= 0.3 is 6.03 Å². The van der Waals surface area contributed by atoms with Gasteiger partial charge in [0.1, 0.15) is 13.2 Å². The molecule has 1 unspecified atom stereocenters. The van der Waals surface area contributed by atoms with E-state index in [0.717, 1.165) is 0 Å². The molecule has 0 spiro atoms. The molecule has 1 aromatic rings. The molecule has 1 aliphatic rings. The van der Waals surface area contributed by atoms with Crippen LogP contribution in [0.4, 0.5) is 4.79 Å². The van der Waals surface area contributed by atoms with Crippen molar-refractivity contribution in [2.45, 2.75) is 32.4 Å². The van der Waals surface area contributed by atoms with Crippen LogP contribution in [0.3, 0.4) is 0 Å². The summed E-state index contributed by atoms with van der Waals surface area (Å²) in [6, 6.07) is 2.95. The van der Waals surface area contributed by atoms with E-state index in [4.69, 9.17) is 21.1 Å². The minimum Gasteiger partial charge on any atom is -0.486 e. The first-order valence-corrected chi connectivity index (χ1v) is 7.47. The second-order valence-corrected chi connectivity index (χ2v) is 6.53. The minimum absolute atomic E-state index is 0.0673. The highest BCUT2D eigenvalue weighted by Crippen LogP contribution is 2.39. The standard InChI is InChI=1S/C15H21ClN2O4/c1-15(2,3)18-14(20)17-8-11(19)9-6-10(16)13-12(7-9)21-4-5-22-13/h6-7,11,19H,4-5,8H2,1-3H3,(H2,17,18,20). The normalized spacial score (nSPS) is 15.1. The van der Waals surface area contributed by atoms with Gasteiger partial charge in [0.25, 0.3) is 0 Å². The number of hydrogen-bond donors (Lipinski definition) is 3. The fourth-order valence-corrected chi connectivity index (χ4v) is 2.29. The molecule has 2 amide bonds. The van der Waals surface area contributed by atoms with Gasteiger partial charge in [0.05, 0.1) is 11.1 Å². The fourth-order valence-electron chi connectivity index (χ4n) is 2.02. The molecule has 1 aromatic carbocycles. The predicted molar refractivity (Wildman–Crippen MR) is 83.7 cm³/mol. The zero-order chi connectivity index (χ0) is 16.3. The van der Waals surface area contributed by atoms with E-state index in [9.17, 15) is 9.90 Å². The summed E-state index contributed by atoms with van der Waals surface area (Å²) in [5.74, 6) is 0.995. The number of hydrogen-bond acceptors (Lipinski definition) is 4. The number of urea groups is 1. The molecule has 1 atom stereocenters. The number of ether oxygens (including phenoxy) is 2. The summed E-state index contributed by atoms with van der Waals surface area (Å²) in [5, 5.41) is 16.0. The molecular formula is C15H21ClN2O4. The van der Waals surface area contributed by atoms with Gasteiger partial charge in [-0.1, -0.05) is 11.6 Å². The van der Waals surface area contributed by atoms with Crippen molar-refractivity contribution >= 4 is 17.6 Å². The van der Waals surface area contributed by atoms with Crippen molar-refractivity contribution in [2.24, 2.45) is 0 Å². The van der Waals surface area contributed by atoms with Gasteiger partial charge < -0.3 is 25.2 Å². The lowest BCUT2D eigenvalue weighted by Crippen LogP contribution is -2.47. The molecule has 3 N–H and O–H groups in total. The van der Waals surface area contributed by atoms with Gasteiger partial charge in [-0.3, -0.25) is 0 Å². The molecule has 1 aliphatic heterocycles. The van der Waals surface area contributed by atoms with Gasteiger partial charge in [-0.05, 0) is 38.5 Å². The molecule has 0 saturated heterocycles. The van der Waals surface area contributed by atoms with Crippen LogP contribution in [0.1, 0.15) is 32.4 Å². The Bertz CT molecular complexity index is 557. The summed E-state index contributed by atoms with van der Waals surface area (Å²) >= 11 is 6.13. The van der Waals surface area contributed by atoms with Gasteiger partial charge in [0, 0.05) is 12.1 Å². The predicted octanol–water partition coefficient (Wildman–Crippen LogP) is 2.24. The second kappa shape index (κ2) is 6.62. The summed E-state index contributed by atoms with van der Waals surface area (Å²) in [5.41, 5.74) is 0.223. The molecule has 1 heterocycles. The third-order valence-electron chi connectivity index (χ3n) is 2.95. The number of halogens is 1. The molecule has 22 heavy (non-hydrogen) atoms. The average molecular weight is 329 g/mol. The maximum atomic E-state index is 11.7. The summed E-state index contributed by atoms with van der Waals surface area (Å²) in [4.78, 5) is 11.7. The number of amides is 2. The van der Waals surface area contributed by atoms with Crippen molar-refractivity contribution in [1.82, 2.24) is 10.6 Å². The van der Waals surface area contributed by atoms with Crippen LogP contribution in [0.25, 0.3) is 0 Å². The van der Waals surface area contributed by atoms with Gasteiger partial charge in [-0.25, -0.2) is 4.79 Å². The lowest BCUT2D eigenvalue weighted by molar-refractivity contribution is 0.162. The highest BCUT2D eigenvalue weighted by atomic mass is 35.5. The molecule has 0 bridgehead atoms. The van der Waals surface area contributed by atoms with Crippen LogP contribution in [-0.2, 0) is 0 Å². The van der Waals surface area contributed by atoms with E-state index in [-0.39, 0.29) is 18.1 Å². The zero-order valence-corrected chi connectivity index (χ0v) is 13.7. The van der Waals surface area contributed by atoms with E-state index in [2.05, 4.69) is 10.6 Å². The zero-order valence-electron chi connectivity index (χ0n) is 12.9. The maximum absolute atomic E-state index is 11.7. The van der Waals surface area contributed by atoms with E-state index < -0.39 is 6.10 Å². The fraction of sp³-hybridized carbons (Fsp3) is 0.533. The van der Waals surface area contributed by atoms with Crippen LogP contribution in [-0.4, -0.2) is 36.4 Å². The number of carbonyl (C=O) groups excluding carboxylic acids is 1. The molecule has 0 aromatic heterocycles. The smallest absolute Gasteiger partial charge is 0.315 e. The highest BCUT2D eigenvalue weighted by Gasteiger charge is 2.20. The Hall–Kier alpha value is -1.66. The monoisotopic (exact) mass is 328 g/mol. The SMILES string of the molecule is CC(C)(C)NC(=O)NCC(O)c1cc(Cl)c2c(c1)OCCO2. The maximum Gasteiger partial charge on any atom is 0.315 e. The van der Waals surface area contributed by atoms with Crippen molar-refractivity contribution in [3.8, 4) is 11.5 Å². The van der Waals surface area contributed by atoms with Crippen LogP contribution in [0.15, 0.2) is 12.1 Å². The number of rotatable bonds is 3. The average Bonchev–Trinajstić information content (AvgIpc) is 2.43.